The van der Waals surface area contributed by atoms with Crippen LogP contribution in [0.15, 0.2) is 51.8 Å². The van der Waals surface area contributed by atoms with E-state index in [0.717, 1.165) is 23.0 Å². The van der Waals surface area contributed by atoms with Gasteiger partial charge in [-0.25, -0.2) is 8.42 Å². The number of aryl methyl sites for hydroxylation is 1. The molecule has 22 heavy (non-hydrogen) atoms. The van der Waals surface area contributed by atoms with E-state index in [0.29, 0.717) is 4.90 Å². The number of rotatable bonds is 4. The van der Waals surface area contributed by atoms with Gasteiger partial charge in [-0.05, 0) is 60.4 Å². The third-order valence-corrected chi connectivity index (χ3v) is 6.36. The second-order valence-corrected chi connectivity index (χ2v) is 8.70. The molecule has 2 aromatic carbocycles. The molecule has 0 bridgehead atoms. The zero-order chi connectivity index (χ0) is 15.7. The highest BCUT2D eigenvalue weighted by Crippen LogP contribution is 2.35. The molecule has 1 aliphatic rings. The molecule has 0 aliphatic heterocycles. The molecule has 0 spiro atoms. The van der Waals surface area contributed by atoms with Gasteiger partial charge in [-0.3, -0.25) is 0 Å². The van der Waals surface area contributed by atoms with Crippen molar-refractivity contribution in [2.45, 2.75) is 30.7 Å². The van der Waals surface area contributed by atoms with Crippen LogP contribution in [-0.4, -0.2) is 14.2 Å². The molecule has 2 aromatic rings. The molecule has 3 rings (SSSR count). The van der Waals surface area contributed by atoms with Crippen LogP contribution in [0.5, 0.6) is 0 Å². The van der Waals surface area contributed by atoms with Gasteiger partial charge in [0.1, 0.15) is 0 Å². The molecule has 1 atom stereocenters. The summed E-state index contributed by atoms with van der Waals surface area (Å²) in [5, 5.41) is 3.50. The van der Waals surface area contributed by atoms with Crippen LogP contribution in [0, 0.1) is 0 Å². The summed E-state index contributed by atoms with van der Waals surface area (Å²) in [6.07, 6.45) is 2.12. The SMILES string of the molecule is CCS(=O)(=O)c1ccc(NC2CCc3cc(Br)ccc32)cc1. The van der Waals surface area contributed by atoms with Crippen molar-refractivity contribution in [3.8, 4) is 0 Å². The summed E-state index contributed by atoms with van der Waals surface area (Å²) in [5.74, 6) is 0.130. The summed E-state index contributed by atoms with van der Waals surface area (Å²) < 4.78 is 24.8. The number of anilines is 1. The maximum absolute atomic E-state index is 11.8. The van der Waals surface area contributed by atoms with Crippen molar-refractivity contribution >= 4 is 31.5 Å². The average Bonchev–Trinajstić information content (AvgIpc) is 2.90. The van der Waals surface area contributed by atoms with Crippen LogP contribution in [-0.2, 0) is 16.3 Å². The van der Waals surface area contributed by atoms with Gasteiger partial charge < -0.3 is 5.32 Å². The number of nitrogens with one attached hydrogen (secondary N) is 1. The first kappa shape index (κ1) is 15.6. The van der Waals surface area contributed by atoms with E-state index in [4.69, 9.17) is 0 Å². The van der Waals surface area contributed by atoms with E-state index < -0.39 is 9.84 Å². The Balaban J connectivity index is 1.78. The van der Waals surface area contributed by atoms with Crippen molar-refractivity contribution in [1.82, 2.24) is 0 Å². The molecule has 0 heterocycles. The first-order valence-corrected chi connectivity index (χ1v) is 9.82. The van der Waals surface area contributed by atoms with Gasteiger partial charge >= 0.3 is 0 Å². The van der Waals surface area contributed by atoms with Crippen molar-refractivity contribution in [2.24, 2.45) is 0 Å². The summed E-state index contributed by atoms with van der Waals surface area (Å²) in [7, 11) is -3.13. The lowest BCUT2D eigenvalue weighted by atomic mass is 10.1. The topological polar surface area (TPSA) is 46.2 Å². The number of hydrogen-bond donors (Lipinski definition) is 1. The van der Waals surface area contributed by atoms with E-state index in [1.165, 1.54) is 11.1 Å². The van der Waals surface area contributed by atoms with Crippen molar-refractivity contribution in [3.63, 3.8) is 0 Å². The third-order valence-electron chi connectivity index (χ3n) is 4.12. The Labute approximate surface area is 139 Å². The van der Waals surface area contributed by atoms with Crippen LogP contribution in [0.25, 0.3) is 0 Å². The minimum absolute atomic E-state index is 0.130. The van der Waals surface area contributed by atoms with Gasteiger partial charge in [-0.2, -0.15) is 0 Å². The zero-order valence-corrected chi connectivity index (χ0v) is 14.7. The number of hydrogen-bond acceptors (Lipinski definition) is 3. The van der Waals surface area contributed by atoms with Crippen molar-refractivity contribution < 1.29 is 8.42 Å². The summed E-state index contributed by atoms with van der Waals surface area (Å²) in [6.45, 7) is 1.66. The number of sulfone groups is 1. The molecule has 0 amide bonds. The number of halogens is 1. The fourth-order valence-electron chi connectivity index (χ4n) is 2.86. The first-order valence-electron chi connectivity index (χ1n) is 7.37. The van der Waals surface area contributed by atoms with E-state index in [1.807, 2.05) is 12.1 Å². The fourth-order valence-corrected chi connectivity index (χ4v) is 4.15. The molecule has 0 saturated carbocycles. The van der Waals surface area contributed by atoms with Gasteiger partial charge in [0.2, 0.25) is 0 Å². The highest BCUT2D eigenvalue weighted by atomic mass is 79.9. The first-order chi connectivity index (χ1) is 10.5. The molecule has 116 valence electrons. The van der Waals surface area contributed by atoms with E-state index >= 15 is 0 Å². The zero-order valence-electron chi connectivity index (χ0n) is 12.3. The van der Waals surface area contributed by atoms with Gasteiger partial charge in [0, 0.05) is 10.2 Å². The van der Waals surface area contributed by atoms with E-state index in [2.05, 4.69) is 39.4 Å². The van der Waals surface area contributed by atoms with Crippen molar-refractivity contribution in [2.75, 3.05) is 11.1 Å². The van der Waals surface area contributed by atoms with E-state index in [-0.39, 0.29) is 11.8 Å². The van der Waals surface area contributed by atoms with Gasteiger partial charge in [0.25, 0.3) is 0 Å². The van der Waals surface area contributed by atoms with Gasteiger partial charge in [0.15, 0.2) is 9.84 Å². The van der Waals surface area contributed by atoms with Gasteiger partial charge in [-0.15, -0.1) is 0 Å². The predicted molar refractivity (Wildman–Crippen MR) is 93.0 cm³/mol. The Morgan fingerprint density at radius 1 is 1.18 bits per heavy atom. The molecule has 0 saturated heterocycles. The molecule has 3 nitrogen and oxygen atoms in total. The van der Waals surface area contributed by atoms with Crippen molar-refractivity contribution in [3.05, 3.63) is 58.1 Å². The highest BCUT2D eigenvalue weighted by molar-refractivity contribution is 9.10. The second kappa shape index (κ2) is 6.05. The molecule has 0 radical (unpaired) electrons. The predicted octanol–water partition coefficient (Wildman–Crippen LogP) is 4.34. The third kappa shape index (κ3) is 3.06. The summed E-state index contributed by atoms with van der Waals surface area (Å²) in [6, 6.07) is 13.7. The monoisotopic (exact) mass is 379 g/mol. The maximum Gasteiger partial charge on any atom is 0.178 e. The molecule has 0 fully saturated rings. The van der Waals surface area contributed by atoms with Crippen LogP contribution in [0.4, 0.5) is 5.69 Å². The molecule has 5 heteroatoms. The minimum Gasteiger partial charge on any atom is -0.378 e. The molecule has 1 N–H and O–H groups in total. The average molecular weight is 380 g/mol. The lowest BCUT2D eigenvalue weighted by molar-refractivity contribution is 0.597. The molecular formula is C17H18BrNO2S. The van der Waals surface area contributed by atoms with Crippen molar-refractivity contribution in [1.29, 1.82) is 0 Å². The Morgan fingerprint density at radius 3 is 2.59 bits per heavy atom. The van der Waals surface area contributed by atoms with Crippen LogP contribution in [0.3, 0.4) is 0 Å². The normalized spacial score (nSPS) is 17.3. The maximum atomic E-state index is 11.8. The summed E-state index contributed by atoms with van der Waals surface area (Å²) >= 11 is 3.51. The van der Waals surface area contributed by atoms with Crippen LogP contribution in [0.2, 0.25) is 0 Å². The second-order valence-electron chi connectivity index (χ2n) is 5.51. The molecular weight excluding hydrogens is 362 g/mol. The Kier molecular flexibility index (Phi) is 4.28. The van der Waals surface area contributed by atoms with Gasteiger partial charge in [-0.1, -0.05) is 28.9 Å². The molecule has 1 unspecified atom stereocenters. The number of fused-ring (bicyclic) bond motifs is 1. The quantitative estimate of drug-likeness (QED) is 0.858. The summed E-state index contributed by atoms with van der Waals surface area (Å²) in [5.41, 5.74) is 3.65. The lowest BCUT2D eigenvalue weighted by Crippen LogP contribution is -2.08. The molecule has 1 aliphatic carbocycles. The standard InChI is InChI=1S/C17H18BrNO2S/c1-2-22(20,21)15-7-5-14(6-8-15)19-17-10-3-12-11-13(18)4-9-16(12)17/h4-9,11,17,19H,2-3,10H2,1H3. The Morgan fingerprint density at radius 2 is 1.91 bits per heavy atom. The van der Waals surface area contributed by atoms with Gasteiger partial charge in [0.05, 0.1) is 16.7 Å². The number of benzene rings is 2. The fraction of sp³-hybridized carbons (Fsp3) is 0.294. The van der Waals surface area contributed by atoms with E-state index in [1.54, 1.807) is 19.1 Å². The minimum atomic E-state index is -3.13. The van der Waals surface area contributed by atoms with E-state index in [9.17, 15) is 8.42 Å². The van der Waals surface area contributed by atoms with Crippen LogP contribution < -0.4 is 5.32 Å². The highest BCUT2D eigenvalue weighted by Gasteiger charge is 2.22. The van der Waals surface area contributed by atoms with Crippen LogP contribution in [0.1, 0.15) is 30.5 Å². The summed E-state index contributed by atoms with van der Waals surface area (Å²) in [4.78, 5) is 0.385. The molecule has 0 aromatic heterocycles. The Bertz CT molecular complexity index is 785. The van der Waals surface area contributed by atoms with Crippen LogP contribution >= 0.6 is 15.9 Å². The smallest absolute Gasteiger partial charge is 0.178 e. The lowest BCUT2D eigenvalue weighted by Gasteiger charge is -2.16. The largest absolute Gasteiger partial charge is 0.378 e. The Hall–Kier alpha value is -1.33.